The maximum Gasteiger partial charge on any atom is 0.325 e. The Hall–Kier alpha value is -1.78. The Balaban J connectivity index is 1.66. The number of aliphatic carboxylic acids is 1. The molecule has 21 heavy (non-hydrogen) atoms. The molecule has 0 aliphatic heterocycles. The summed E-state index contributed by atoms with van der Waals surface area (Å²) in [6.07, 6.45) is 0. The van der Waals surface area contributed by atoms with Crippen LogP contribution in [-0.4, -0.2) is 36.3 Å². The fraction of sp³-hybridized carbons (Fsp3) is 0.182. The van der Waals surface area contributed by atoms with E-state index >= 15 is 0 Å². The zero-order valence-corrected chi connectivity index (χ0v) is 13.0. The predicted octanol–water partition coefficient (Wildman–Crippen LogP) is 2.23. The number of tetrazole rings is 1. The second-order valence-electron chi connectivity index (χ2n) is 3.96. The van der Waals surface area contributed by atoms with E-state index < -0.39 is 5.97 Å². The molecule has 0 fully saturated rings. The Morgan fingerprint density at radius 1 is 1.43 bits per heavy atom. The van der Waals surface area contributed by atoms with Gasteiger partial charge in [-0.25, -0.2) is 9.67 Å². The summed E-state index contributed by atoms with van der Waals surface area (Å²) in [6, 6.07) is 2.04. The van der Waals surface area contributed by atoms with Crippen molar-refractivity contribution in [2.24, 2.45) is 0 Å². The van der Waals surface area contributed by atoms with E-state index in [-0.39, 0.29) is 6.54 Å². The van der Waals surface area contributed by atoms with Gasteiger partial charge in [0.2, 0.25) is 5.16 Å². The van der Waals surface area contributed by atoms with Gasteiger partial charge in [-0.2, -0.15) is 11.3 Å². The molecule has 3 heterocycles. The molecule has 108 valence electrons. The third-order valence-electron chi connectivity index (χ3n) is 2.45. The van der Waals surface area contributed by atoms with Crippen LogP contribution in [0.5, 0.6) is 0 Å². The first-order valence-electron chi connectivity index (χ1n) is 5.80. The molecule has 0 bridgehead atoms. The molecule has 0 radical (unpaired) electrons. The number of carboxylic acid groups (broad SMARTS) is 1. The van der Waals surface area contributed by atoms with Gasteiger partial charge < -0.3 is 5.11 Å². The summed E-state index contributed by atoms with van der Waals surface area (Å²) in [5.74, 6) is -0.377. The zero-order valence-electron chi connectivity index (χ0n) is 10.5. The van der Waals surface area contributed by atoms with E-state index in [0.29, 0.717) is 10.9 Å². The molecule has 0 aliphatic carbocycles. The van der Waals surface area contributed by atoms with Gasteiger partial charge in [0.05, 0.1) is 5.69 Å². The van der Waals surface area contributed by atoms with Crippen LogP contribution in [0, 0.1) is 0 Å². The van der Waals surface area contributed by atoms with Crippen molar-refractivity contribution >= 4 is 40.4 Å². The Kier molecular flexibility index (Phi) is 4.27. The lowest BCUT2D eigenvalue weighted by molar-refractivity contribution is -0.138. The Morgan fingerprint density at radius 2 is 2.33 bits per heavy atom. The molecule has 0 spiro atoms. The molecule has 1 N–H and O–H groups in total. The van der Waals surface area contributed by atoms with E-state index in [4.69, 9.17) is 5.11 Å². The van der Waals surface area contributed by atoms with Gasteiger partial charge in [-0.05, 0) is 21.9 Å². The number of hydrogen-bond acceptors (Lipinski definition) is 8. The highest BCUT2D eigenvalue weighted by Crippen LogP contribution is 2.28. The number of carboxylic acids is 1. The Morgan fingerprint density at radius 3 is 3.10 bits per heavy atom. The summed E-state index contributed by atoms with van der Waals surface area (Å²) in [5.41, 5.74) is 2.05. The molecule has 0 saturated heterocycles. The Bertz CT molecular complexity index is 737. The number of rotatable bonds is 6. The monoisotopic (exact) mass is 339 g/mol. The van der Waals surface area contributed by atoms with Gasteiger partial charge in [-0.3, -0.25) is 4.79 Å². The molecule has 10 heteroatoms. The fourth-order valence-electron chi connectivity index (χ4n) is 1.56. The van der Waals surface area contributed by atoms with E-state index in [1.807, 2.05) is 16.8 Å². The number of thioether (sulfide) groups is 1. The van der Waals surface area contributed by atoms with Crippen LogP contribution in [0.1, 0.15) is 5.69 Å². The molecule has 0 amide bonds. The molecule has 7 nitrogen and oxygen atoms in total. The fourth-order valence-corrected chi connectivity index (χ4v) is 3.96. The van der Waals surface area contributed by atoms with Gasteiger partial charge in [0.1, 0.15) is 11.6 Å². The lowest BCUT2D eigenvalue weighted by Crippen LogP contribution is -2.11. The third kappa shape index (κ3) is 3.46. The SMILES string of the molecule is O=C(O)Cn1nnnc1SCc1csc(-c2ccsc2)n1. The molecule has 0 atom stereocenters. The quantitative estimate of drug-likeness (QED) is 0.688. The molecule has 3 aromatic rings. The van der Waals surface area contributed by atoms with Crippen LogP contribution in [0.25, 0.3) is 10.6 Å². The molecular weight excluding hydrogens is 330 g/mol. The van der Waals surface area contributed by atoms with Crippen molar-refractivity contribution in [2.45, 2.75) is 17.5 Å². The van der Waals surface area contributed by atoms with E-state index in [1.54, 1.807) is 22.7 Å². The zero-order chi connectivity index (χ0) is 14.7. The first kappa shape index (κ1) is 14.2. The van der Waals surface area contributed by atoms with Crippen LogP contribution in [-0.2, 0) is 17.1 Å². The largest absolute Gasteiger partial charge is 0.480 e. The van der Waals surface area contributed by atoms with E-state index in [2.05, 4.69) is 25.9 Å². The first-order valence-corrected chi connectivity index (χ1v) is 8.61. The minimum absolute atomic E-state index is 0.243. The van der Waals surface area contributed by atoms with Gasteiger partial charge in [0.15, 0.2) is 0 Å². The van der Waals surface area contributed by atoms with E-state index in [1.165, 1.54) is 16.4 Å². The summed E-state index contributed by atoms with van der Waals surface area (Å²) in [5, 5.41) is 27.3. The summed E-state index contributed by atoms with van der Waals surface area (Å²) in [4.78, 5) is 15.2. The molecule has 3 rings (SSSR count). The van der Waals surface area contributed by atoms with Gasteiger partial charge in [0, 0.05) is 22.1 Å². The molecule has 3 aromatic heterocycles. The number of carbonyl (C=O) groups is 1. The minimum atomic E-state index is -0.974. The smallest absolute Gasteiger partial charge is 0.325 e. The molecule has 0 saturated carbocycles. The van der Waals surface area contributed by atoms with Crippen LogP contribution in [0.3, 0.4) is 0 Å². The van der Waals surface area contributed by atoms with Crippen LogP contribution in [0.4, 0.5) is 0 Å². The standard InChI is InChI=1S/C11H9N5O2S3/c17-9(18)3-16-11(13-14-15-16)21-6-8-5-20-10(12-8)7-1-2-19-4-7/h1-2,4-5H,3,6H2,(H,17,18). The average Bonchev–Trinajstić information content (AvgIpc) is 3.17. The number of nitrogens with zero attached hydrogens (tertiary/aromatic N) is 5. The van der Waals surface area contributed by atoms with Gasteiger partial charge in [0.25, 0.3) is 0 Å². The molecule has 0 aromatic carbocycles. The van der Waals surface area contributed by atoms with E-state index in [9.17, 15) is 4.79 Å². The number of hydrogen-bond donors (Lipinski definition) is 1. The second-order valence-corrected chi connectivity index (χ2v) is 6.54. The molecular formula is C11H9N5O2S3. The number of thiazole rings is 1. The van der Waals surface area contributed by atoms with Gasteiger partial charge in [-0.15, -0.1) is 16.4 Å². The van der Waals surface area contributed by atoms with Crippen molar-refractivity contribution in [2.75, 3.05) is 0 Å². The van der Waals surface area contributed by atoms with Crippen molar-refractivity contribution in [1.29, 1.82) is 0 Å². The Labute approximate surface area is 131 Å². The van der Waals surface area contributed by atoms with Crippen LogP contribution in [0.15, 0.2) is 27.4 Å². The average molecular weight is 339 g/mol. The lowest BCUT2D eigenvalue weighted by Gasteiger charge is -1.99. The number of aromatic nitrogens is 5. The third-order valence-corrected chi connectivity index (χ3v) is 5.07. The predicted molar refractivity (Wildman–Crippen MR) is 80.4 cm³/mol. The first-order chi connectivity index (χ1) is 10.2. The highest BCUT2D eigenvalue weighted by molar-refractivity contribution is 7.98. The molecule has 0 aliphatic rings. The van der Waals surface area contributed by atoms with Crippen LogP contribution < -0.4 is 0 Å². The summed E-state index contributed by atoms with van der Waals surface area (Å²) < 4.78 is 1.26. The second kappa shape index (κ2) is 6.33. The summed E-state index contributed by atoms with van der Waals surface area (Å²) in [6.45, 7) is -0.243. The van der Waals surface area contributed by atoms with Crippen molar-refractivity contribution in [3.8, 4) is 10.6 Å². The summed E-state index contributed by atoms with van der Waals surface area (Å²) in [7, 11) is 0. The van der Waals surface area contributed by atoms with Crippen molar-refractivity contribution in [3.05, 3.63) is 27.9 Å². The summed E-state index contributed by atoms with van der Waals surface area (Å²) >= 11 is 4.60. The highest BCUT2D eigenvalue weighted by atomic mass is 32.2. The van der Waals surface area contributed by atoms with Crippen LogP contribution in [0.2, 0.25) is 0 Å². The highest BCUT2D eigenvalue weighted by Gasteiger charge is 2.11. The van der Waals surface area contributed by atoms with E-state index in [0.717, 1.165) is 16.3 Å². The van der Waals surface area contributed by atoms with Gasteiger partial charge >= 0.3 is 5.97 Å². The minimum Gasteiger partial charge on any atom is -0.480 e. The van der Waals surface area contributed by atoms with Crippen molar-refractivity contribution in [3.63, 3.8) is 0 Å². The van der Waals surface area contributed by atoms with Crippen molar-refractivity contribution in [1.82, 2.24) is 25.2 Å². The topological polar surface area (TPSA) is 93.8 Å². The van der Waals surface area contributed by atoms with Gasteiger partial charge in [-0.1, -0.05) is 11.8 Å². The number of thiophene rings is 1. The van der Waals surface area contributed by atoms with Crippen LogP contribution >= 0.6 is 34.4 Å². The maximum atomic E-state index is 10.7. The normalized spacial score (nSPS) is 10.9. The maximum absolute atomic E-state index is 10.7. The lowest BCUT2D eigenvalue weighted by atomic mass is 10.4. The van der Waals surface area contributed by atoms with Crippen molar-refractivity contribution < 1.29 is 9.90 Å². The molecule has 0 unspecified atom stereocenters.